The van der Waals surface area contributed by atoms with Crippen molar-refractivity contribution in [1.29, 1.82) is 0 Å². The molecule has 1 fully saturated rings. The SMILES string of the molecule is COc1ccccc1CC(=O)N[C@H]1CCCC[C@@H]1C. The van der Waals surface area contributed by atoms with E-state index < -0.39 is 0 Å². The number of para-hydroxylation sites is 1. The number of benzene rings is 1. The largest absolute Gasteiger partial charge is 0.496 e. The van der Waals surface area contributed by atoms with Crippen LogP contribution in [0.5, 0.6) is 5.75 Å². The molecule has 1 amide bonds. The lowest BCUT2D eigenvalue weighted by molar-refractivity contribution is -0.121. The van der Waals surface area contributed by atoms with Crippen molar-refractivity contribution >= 4 is 5.91 Å². The van der Waals surface area contributed by atoms with Crippen molar-refractivity contribution < 1.29 is 9.53 Å². The van der Waals surface area contributed by atoms with Gasteiger partial charge in [0.25, 0.3) is 0 Å². The van der Waals surface area contributed by atoms with Gasteiger partial charge in [-0.1, -0.05) is 38.0 Å². The van der Waals surface area contributed by atoms with Crippen molar-refractivity contribution in [3.8, 4) is 5.75 Å². The third-order valence-electron chi connectivity index (χ3n) is 4.00. The lowest BCUT2D eigenvalue weighted by Gasteiger charge is -2.29. The normalized spacial score (nSPS) is 22.8. The Morgan fingerprint density at radius 3 is 2.79 bits per heavy atom. The average molecular weight is 261 g/mol. The molecule has 2 rings (SSSR count). The molecule has 0 aliphatic heterocycles. The van der Waals surface area contributed by atoms with Gasteiger partial charge in [0.15, 0.2) is 0 Å². The van der Waals surface area contributed by atoms with E-state index in [-0.39, 0.29) is 5.91 Å². The number of carbonyl (C=O) groups is 1. The zero-order valence-corrected chi connectivity index (χ0v) is 11.8. The highest BCUT2D eigenvalue weighted by atomic mass is 16.5. The fraction of sp³-hybridized carbons (Fsp3) is 0.562. The Morgan fingerprint density at radius 1 is 1.32 bits per heavy atom. The number of nitrogens with one attached hydrogen (secondary N) is 1. The zero-order chi connectivity index (χ0) is 13.7. The van der Waals surface area contributed by atoms with Crippen molar-refractivity contribution in [3.05, 3.63) is 29.8 Å². The van der Waals surface area contributed by atoms with Crippen molar-refractivity contribution in [3.63, 3.8) is 0 Å². The molecular weight excluding hydrogens is 238 g/mol. The molecule has 0 saturated heterocycles. The van der Waals surface area contributed by atoms with Gasteiger partial charge >= 0.3 is 0 Å². The summed E-state index contributed by atoms with van der Waals surface area (Å²) in [5.74, 6) is 1.48. The van der Waals surface area contributed by atoms with Crippen LogP contribution in [-0.2, 0) is 11.2 Å². The van der Waals surface area contributed by atoms with Crippen molar-refractivity contribution in [1.82, 2.24) is 5.32 Å². The monoisotopic (exact) mass is 261 g/mol. The first kappa shape index (κ1) is 13.9. The first-order chi connectivity index (χ1) is 9.20. The summed E-state index contributed by atoms with van der Waals surface area (Å²) >= 11 is 0. The molecule has 3 nitrogen and oxygen atoms in total. The van der Waals surface area contributed by atoms with Crippen molar-refractivity contribution in [2.45, 2.75) is 45.1 Å². The Morgan fingerprint density at radius 2 is 2.05 bits per heavy atom. The molecule has 1 N–H and O–H groups in total. The highest BCUT2D eigenvalue weighted by Crippen LogP contribution is 2.24. The van der Waals surface area contributed by atoms with E-state index in [1.54, 1.807) is 7.11 Å². The van der Waals surface area contributed by atoms with Gasteiger partial charge in [-0.3, -0.25) is 4.79 Å². The quantitative estimate of drug-likeness (QED) is 0.905. The molecular formula is C16H23NO2. The topological polar surface area (TPSA) is 38.3 Å². The number of amides is 1. The van der Waals surface area contributed by atoms with Crippen LogP contribution in [0, 0.1) is 5.92 Å². The Labute approximate surface area is 115 Å². The third-order valence-corrected chi connectivity index (χ3v) is 4.00. The summed E-state index contributed by atoms with van der Waals surface area (Å²) in [4.78, 5) is 12.1. The lowest BCUT2D eigenvalue weighted by Crippen LogP contribution is -2.41. The van der Waals surface area contributed by atoms with Crippen molar-refractivity contribution in [2.24, 2.45) is 5.92 Å². The molecule has 1 aliphatic carbocycles. The molecule has 0 spiro atoms. The fourth-order valence-corrected chi connectivity index (χ4v) is 2.81. The van der Waals surface area contributed by atoms with E-state index >= 15 is 0 Å². The Kier molecular flexibility index (Phi) is 4.83. The summed E-state index contributed by atoms with van der Waals surface area (Å²) in [6.45, 7) is 2.23. The number of hydrogen-bond acceptors (Lipinski definition) is 2. The smallest absolute Gasteiger partial charge is 0.224 e. The van der Waals surface area contributed by atoms with Gasteiger partial charge in [-0.05, 0) is 24.8 Å². The maximum absolute atomic E-state index is 12.1. The number of hydrogen-bond donors (Lipinski definition) is 1. The molecule has 1 aliphatic rings. The molecule has 0 unspecified atom stereocenters. The number of methoxy groups -OCH3 is 1. The standard InChI is InChI=1S/C16H23NO2/c1-12-7-3-5-9-14(12)17-16(18)11-13-8-4-6-10-15(13)19-2/h4,6,8,10,12,14H,3,5,7,9,11H2,1-2H3,(H,17,18)/t12-,14-/m0/s1. The van der Waals surface area contributed by atoms with Crippen LogP contribution in [0.15, 0.2) is 24.3 Å². The maximum atomic E-state index is 12.1. The Balaban J connectivity index is 1.93. The second-order valence-corrected chi connectivity index (χ2v) is 5.42. The molecule has 104 valence electrons. The highest BCUT2D eigenvalue weighted by molar-refractivity contribution is 5.79. The number of ether oxygens (including phenoxy) is 1. The molecule has 3 heteroatoms. The van der Waals surface area contributed by atoms with E-state index in [1.807, 2.05) is 24.3 Å². The summed E-state index contributed by atoms with van der Waals surface area (Å²) in [5, 5.41) is 3.17. The Bertz CT molecular complexity index is 431. The van der Waals surface area contributed by atoms with Gasteiger partial charge in [0.2, 0.25) is 5.91 Å². The second kappa shape index (κ2) is 6.60. The number of carbonyl (C=O) groups excluding carboxylic acids is 1. The number of rotatable bonds is 4. The molecule has 2 atom stereocenters. The van der Waals surface area contributed by atoms with Crippen LogP contribution in [0.1, 0.15) is 38.2 Å². The van der Waals surface area contributed by atoms with E-state index in [1.165, 1.54) is 19.3 Å². The van der Waals surface area contributed by atoms with Crippen LogP contribution in [0.4, 0.5) is 0 Å². The predicted molar refractivity (Wildman–Crippen MR) is 76.3 cm³/mol. The van der Waals surface area contributed by atoms with E-state index in [0.29, 0.717) is 18.4 Å². The van der Waals surface area contributed by atoms with Crippen LogP contribution in [0.25, 0.3) is 0 Å². The van der Waals surface area contributed by atoms with Crippen LogP contribution < -0.4 is 10.1 Å². The second-order valence-electron chi connectivity index (χ2n) is 5.42. The summed E-state index contributed by atoms with van der Waals surface area (Å²) < 4.78 is 5.28. The minimum atomic E-state index is 0.100. The van der Waals surface area contributed by atoms with Gasteiger partial charge < -0.3 is 10.1 Å². The van der Waals surface area contributed by atoms with Gasteiger partial charge in [0.1, 0.15) is 5.75 Å². The van der Waals surface area contributed by atoms with Crippen molar-refractivity contribution in [2.75, 3.05) is 7.11 Å². The molecule has 1 aromatic carbocycles. The molecule has 0 aromatic heterocycles. The molecule has 0 bridgehead atoms. The summed E-state index contributed by atoms with van der Waals surface area (Å²) in [6, 6.07) is 8.04. The molecule has 1 aromatic rings. The van der Waals surface area contributed by atoms with E-state index in [2.05, 4.69) is 12.2 Å². The van der Waals surface area contributed by atoms with E-state index in [0.717, 1.165) is 17.7 Å². The first-order valence-corrected chi connectivity index (χ1v) is 7.12. The minimum absolute atomic E-state index is 0.100. The van der Waals surface area contributed by atoms with Crippen LogP contribution >= 0.6 is 0 Å². The summed E-state index contributed by atoms with van der Waals surface area (Å²) in [5.41, 5.74) is 0.950. The van der Waals surface area contributed by atoms with Gasteiger partial charge in [0.05, 0.1) is 13.5 Å². The molecule has 0 radical (unpaired) electrons. The van der Waals surface area contributed by atoms with E-state index in [9.17, 15) is 4.79 Å². The van der Waals surface area contributed by atoms with Gasteiger partial charge in [-0.2, -0.15) is 0 Å². The molecule has 0 heterocycles. The van der Waals surface area contributed by atoms with Gasteiger partial charge in [-0.25, -0.2) is 0 Å². The predicted octanol–water partition coefficient (Wildman–Crippen LogP) is 2.93. The highest BCUT2D eigenvalue weighted by Gasteiger charge is 2.22. The average Bonchev–Trinajstić information content (AvgIpc) is 2.42. The van der Waals surface area contributed by atoms with Crippen LogP contribution in [0.2, 0.25) is 0 Å². The first-order valence-electron chi connectivity index (χ1n) is 7.12. The lowest BCUT2D eigenvalue weighted by atomic mass is 9.86. The molecule has 19 heavy (non-hydrogen) atoms. The van der Waals surface area contributed by atoms with Crippen LogP contribution in [-0.4, -0.2) is 19.1 Å². The van der Waals surface area contributed by atoms with Gasteiger partial charge in [0, 0.05) is 11.6 Å². The zero-order valence-electron chi connectivity index (χ0n) is 11.8. The Hall–Kier alpha value is -1.51. The third kappa shape index (κ3) is 3.72. The van der Waals surface area contributed by atoms with Gasteiger partial charge in [-0.15, -0.1) is 0 Å². The van der Waals surface area contributed by atoms with E-state index in [4.69, 9.17) is 4.74 Å². The fourth-order valence-electron chi connectivity index (χ4n) is 2.81. The molecule has 1 saturated carbocycles. The summed E-state index contributed by atoms with van der Waals surface area (Å²) in [7, 11) is 1.64. The van der Waals surface area contributed by atoms with Crippen LogP contribution in [0.3, 0.4) is 0 Å². The minimum Gasteiger partial charge on any atom is -0.496 e. The summed E-state index contributed by atoms with van der Waals surface area (Å²) in [6.07, 6.45) is 5.25. The maximum Gasteiger partial charge on any atom is 0.224 e.